The molecule has 0 aromatic heterocycles. The minimum Gasteiger partial charge on any atom is -0.481 e. The molecule has 0 heterocycles. The number of hydrogen-bond acceptors (Lipinski definition) is 4. The Morgan fingerprint density at radius 1 is 0.538 bits per heavy atom. The highest BCUT2D eigenvalue weighted by molar-refractivity contribution is 5.70. The third-order valence-electron chi connectivity index (χ3n) is 4.02. The fraction of sp³-hybridized carbons (Fsp3) is 0.444. The lowest BCUT2D eigenvalue weighted by atomic mass is 9.87. The highest BCUT2D eigenvalue weighted by Crippen LogP contribution is 2.25. The molecule has 0 aliphatic rings. The van der Waals surface area contributed by atoms with E-state index in [1.165, 1.54) is 0 Å². The first-order valence-corrected chi connectivity index (χ1v) is 8.20. The fourth-order valence-electron chi connectivity index (χ4n) is 2.83. The Labute approximate surface area is 150 Å². The van der Waals surface area contributed by atoms with E-state index in [0.29, 0.717) is 22.3 Å². The Bertz CT molecular complexity index is 634. The van der Waals surface area contributed by atoms with Gasteiger partial charge in [-0.25, -0.2) is 0 Å². The Kier molecular flexibility index (Phi) is 8.27. The lowest BCUT2D eigenvalue weighted by Crippen LogP contribution is -2.11. The van der Waals surface area contributed by atoms with E-state index in [0.717, 1.165) is 0 Å². The van der Waals surface area contributed by atoms with Crippen molar-refractivity contribution in [2.75, 3.05) is 0 Å². The molecule has 8 nitrogen and oxygen atoms in total. The van der Waals surface area contributed by atoms with Crippen molar-refractivity contribution >= 4 is 23.9 Å². The summed E-state index contributed by atoms with van der Waals surface area (Å²) in [5.41, 5.74) is 2.57. The summed E-state index contributed by atoms with van der Waals surface area (Å²) < 4.78 is 0. The van der Waals surface area contributed by atoms with Crippen LogP contribution in [0.3, 0.4) is 0 Å². The van der Waals surface area contributed by atoms with E-state index in [1.807, 2.05) is 0 Å². The number of aryl methyl sites for hydroxylation is 2. The molecule has 1 rings (SSSR count). The summed E-state index contributed by atoms with van der Waals surface area (Å²) in [5, 5.41) is 35.7. The number of rotatable bonds is 12. The zero-order chi connectivity index (χ0) is 19.7. The van der Waals surface area contributed by atoms with E-state index in [9.17, 15) is 19.2 Å². The van der Waals surface area contributed by atoms with E-state index in [4.69, 9.17) is 20.4 Å². The van der Waals surface area contributed by atoms with Crippen LogP contribution in [0.5, 0.6) is 0 Å². The van der Waals surface area contributed by atoms with Crippen molar-refractivity contribution in [2.45, 2.75) is 51.4 Å². The van der Waals surface area contributed by atoms with Crippen molar-refractivity contribution in [3.05, 3.63) is 34.4 Å². The zero-order valence-electron chi connectivity index (χ0n) is 14.2. The van der Waals surface area contributed by atoms with Gasteiger partial charge in [0.15, 0.2) is 0 Å². The van der Waals surface area contributed by atoms with Crippen LogP contribution in [0, 0.1) is 0 Å². The average molecular weight is 366 g/mol. The first-order valence-electron chi connectivity index (χ1n) is 8.20. The largest absolute Gasteiger partial charge is 0.481 e. The minimum atomic E-state index is -1.02. The van der Waals surface area contributed by atoms with Crippen LogP contribution in [-0.4, -0.2) is 44.3 Å². The molecule has 0 aliphatic carbocycles. The van der Waals surface area contributed by atoms with Crippen LogP contribution in [-0.2, 0) is 44.9 Å². The maximum Gasteiger partial charge on any atom is 0.303 e. The lowest BCUT2D eigenvalue weighted by Gasteiger charge is -2.18. The van der Waals surface area contributed by atoms with E-state index in [-0.39, 0.29) is 51.4 Å². The van der Waals surface area contributed by atoms with E-state index >= 15 is 0 Å². The lowest BCUT2D eigenvalue weighted by molar-refractivity contribution is -0.138. The van der Waals surface area contributed by atoms with Crippen LogP contribution in [0.1, 0.15) is 47.9 Å². The number of carboxylic acids is 4. The molecule has 1 aromatic rings. The Morgan fingerprint density at radius 3 is 1.08 bits per heavy atom. The second kappa shape index (κ2) is 10.2. The van der Waals surface area contributed by atoms with Crippen LogP contribution in [0.4, 0.5) is 0 Å². The molecule has 4 N–H and O–H groups in total. The normalized spacial score (nSPS) is 10.5. The molecule has 0 unspecified atom stereocenters. The van der Waals surface area contributed by atoms with E-state index in [2.05, 4.69) is 0 Å². The van der Waals surface area contributed by atoms with Gasteiger partial charge in [0, 0.05) is 25.7 Å². The van der Waals surface area contributed by atoms with E-state index in [1.54, 1.807) is 12.1 Å². The topological polar surface area (TPSA) is 149 Å². The van der Waals surface area contributed by atoms with Crippen molar-refractivity contribution < 1.29 is 39.6 Å². The van der Waals surface area contributed by atoms with Crippen LogP contribution < -0.4 is 0 Å². The van der Waals surface area contributed by atoms with Gasteiger partial charge in [0.05, 0.1) is 0 Å². The van der Waals surface area contributed by atoms with Crippen LogP contribution in [0.15, 0.2) is 12.1 Å². The van der Waals surface area contributed by atoms with Crippen molar-refractivity contribution in [1.82, 2.24) is 0 Å². The van der Waals surface area contributed by atoms with Crippen molar-refractivity contribution in [3.8, 4) is 0 Å². The first-order chi connectivity index (χ1) is 12.2. The smallest absolute Gasteiger partial charge is 0.303 e. The SMILES string of the molecule is O=C(O)CCc1ccc(CCC(=O)O)c(CCC(=O)O)c1CCC(=O)O. The molecule has 0 spiro atoms. The van der Waals surface area contributed by atoms with Crippen LogP contribution >= 0.6 is 0 Å². The summed E-state index contributed by atoms with van der Waals surface area (Å²) in [6, 6.07) is 3.36. The van der Waals surface area contributed by atoms with Gasteiger partial charge < -0.3 is 20.4 Å². The van der Waals surface area contributed by atoms with Crippen molar-refractivity contribution in [2.24, 2.45) is 0 Å². The maximum absolute atomic E-state index is 11.0. The summed E-state index contributed by atoms with van der Waals surface area (Å²) in [4.78, 5) is 43.6. The fourth-order valence-corrected chi connectivity index (χ4v) is 2.83. The van der Waals surface area contributed by atoms with Gasteiger partial charge in [0.1, 0.15) is 0 Å². The standard InChI is InChI=1S/C18H22O8/c19-15(20)7-3-11-1-2-12(4-8-16(21)22)14(6-10-18(25)26)13(11)5-9-17(23)24/h1-2H,3-10H2,(H,19,20)(H,21,22)(H,23,24)(H,25,26). The molecule has 142 valence electrons. The summed E-state index contributed by atoms with van der Waals surface area (Å²) in [6.07, 6.45) is 0.0539. The van der Waals surface area contributed by atoms with Crippen molar-refractivity contribution in [1.29, 1.82) is 0 Å². The monoisotopic (exact) mass is 366 g/mol. The summed E-state index contributed by atoms with van der Waals surface area (Å²) in [5.74, 6) is -4.02. The van der Waals surface area contributed by atoms with Crippen LogP contribution in [0.2, 0.25) is 0 Å². The molecule has 26 heavy (non-hydrogen) atoms. The van der Waals surface area contributed by atoms with Gasteiger partial charge in [0.25, 0.3) is 0 Å². The van der Waals surface area contributed by atoms with Gasteiger partial charge in [-0.05, 0) is 47.9 Å². The zero-order valence-corrected chi connectivity index (χ0v) is 14.2. The molecule has 0 radical (unpaired) electrons. The molecule has 0 saturated heterocycles. The second-order valence-electron chi connectivity index (χ2n) is 5.92. The number of aliphatic carboxylic acids is 4. The van der Waals surface area contributed by atoms with Gasteiger partial charge in [-0.3, -0.25) is 19.2 Å². The Morgan fingerprint density at radius 2 is 0.808 bits per heavy atom. The third kappa shape index (κ3) is 7.33. The molecule has 0 aliphatic heterocycles. The third-order valence-corrected chi connectivity index (χ3v) is 4.02. The average Bonchev–Trinajstić information content (AvgIpc) is 2.54. The number of benzene rings is 1. The molecular formula is C18H22O8. The molecule has 0 fully saturated rings. The van der Waals surface area contributed by atoms with E-state index < -0.39 is 23.9 Å². The summed E-state index contributed by atoms with van der Waals surface area (Å²) in [6.45, 7) is 0. The molecule has 8 heteroatoms. The van der Waals surface area contributed by atoms with Gasteiger partial charge in [-0.1, -0.05) is 12.1 Å². The van der Waals surface area contributed by atoms with Crippen molar-refractivity contribution in [3.63, 3.8) is 0 Å². The molecular weight excluding hydrogens is 344 g/mol. The number of carboxylic acid groups (broad SMARTS) is 4. The molecule has 0 atom stereocenters. The maximum atomic E-state index is 11.0. The van der Waals surface area contributed by atoms with Gasteiger partial charge in [-0.2, -0.15) is 0 Å². The quantitative estimate of drug-likeness (QED) is 0.437. The number of carbonyl (C=O) groups is 4. The predicted molar refractivity (Wildman–Crippen MR) is 90.3 cm³/mol. The summed E-state index contributed by atoms with van der Waals surface area (Å²) >= 11 is 0. The molecule has 0 bridgehead atoms. The minimum absolute atomic E-state index is 0.132. The van der Waals surface area contributed by atoms with Gasteiger partial charge >= 0.3 is 23.9 Å². The van der Waals surface area contributed by atoms with Crippen LogP contribution in [0.25, 0.3) is 0 Å². The van der Waals surface area contributed by atoms with Gasteiger partial charge in [-0.15, -0.1) is 0 Å². The van der Waals surface area contributed by atoms with Gasteiger partial charge in [0.2, 0.25) is 0 Å². The highest BCUT2D eigenvalue weighted by atomic mass is 16.4. The highest BCUT2D eigenvalue weighted by Gasteiger charge is 2.17. The molecule has 1 aromatic carbocycles. The Balaban J connectivity index is 3.29. The predicted octanol–water partition coefficient (Wildman–Crippen LogP) is 1.76. The first kappa shape index (κ1) is 21.1. The Hall–Kier alpha value is -2.90. The number of hydrogen-bond donors (Lipinski definition) is 4. The summed E-state index contributed by atoms with van der Waals surface area (Å²) in [7, 11) is 0. The molecule has 0 amide bonds. The second-order valence-corrected chi connectivity index (χ2v) is 5.92. The molecule has 0 saturated carbocycles.